The van der Waals surface area contributed by atoms with Crippen LogP contribution in [0.3, 0.4) is 0 Å². The van der Waals surface area contributed by atoms with Gasteiger partial charge in [-0.15, -0.1) is 0 Å². The molecule has 9 nitrogen and oxygen atoms in total. The fraction of sp³-hybridized carbons (Fsp3) is 0.160. The van der Waals surface area contributed by atoms with Gasteiger partial charge in [0.05, 0.1) is 39.6 Å². The lowest BCUT2D eigenvalue weighted by Gasteiger charge is -2.11. The molecule has 0 bridgehead atoms. The Morgan fingerprint density at radius 3 is 2.49 bits per heavy atom. The number of hydrazone groups is 1. The van der Waals surface area contributed by atoms with E-state index < -0.39 is 16.7 Å². The summed E-state index contributed by atoms with van der Waals surface area (Å²) in [7, 11) is 0. The molecule has 0 aliphatic rings. The molecule has 3 rings (SSSR count). The lowest BCUT2D eigenvalue weighted by atomic mass is 10.1. The molecule has 0 radical (unpaired) electrons. The van der Waals surface area contributed by atoms with Crippen LogP contribution in [0.25, 0.3) is 0 Å². The summed E-state index contributed by atoms with van der Waals surface area (Å²) >= 11 is 6.03. The highest BCUT2D eigenvalue weighted by Gasteiger charge is 2.18. The third kappa shape index (κ3) is 7.12. The van der Waals surface area contributed by atoms with Crippen molar-refractivity contribution in [1.82, 2.24) is 5.43 Å². The van der Waals surface area contributed by atoms with Crippen LogP contribution in [0.2, 0.25) is 5.02 Å². The number of unbranched alkanes of at least 4 members (excludes halogenated alkanes) is 1. The van der Waals surface area contributed by atoms with Gasteiger partial charge in [0, 0.05) is 12.1 Å². The Morgan fingerprint density at radius 1 is 1.06 bits per heavy atom. The third-order valence-corrected chi connectivity index (χ3v) is 5.17. The van der Waals surface area contributed by atoms with Gasteiger partial charge in [-0.3, -0.25) is 19.7 Å². The zero-order valence-corrected chi connectivity index (χ0v) is 19.6. The lowest BCUT2D eigenvalue weighted by Crippen LogP contribution is -2.21. The number of para-hydroxylation sites is 1. The normalized spacial score (nSPS) is 10.7. The highest BCUT2D eigenvalue weighted by molar-refractivity contribution is 6.34. The number of hydrogen-bond acceptors (Lipinski definition) is 6. The highest BCUT2D eigenvalue weighted by atomic mass is 35.5. The van der Waals surface area contributed by atoms with Crippen molar-refractivity contribution in [2.75, 3.05) is 11.9 Å². The second-order valence-electron chi connectivity index (χ2n) is 7.39. The van der Waals surface area contributed by atoms with Crippen LogP contribution in [-0.2, 0) is 0 Å². The van der Waals surface area contributed by atoms with Crippen LogP contribution in [0.15, 0.2) is 71.8 Å². The summed E-state index contributed by atoms with van der Waals surface area (Å²) in [5.41, 5.74) is 3.41. The number of anilines is 1. The van der Waals surface area contributed by atoms with Crippen molar-refractivity contribution < 1.29 is 19.2 Å². The number of rotatable bonds is 10. The predicted molar refractivity (Wildman–Crippen MR) is 134 cm³/mol. The van der Waals surface area contributed by atoms with E-state index in [4.69, 9.17) is 16.3 Å². The van der Waals surface area contributed by atoms with Crippen molar-refractivity contribution in [2.45, 2.75) is 19.8 Å². The second kappa shape index (κ2) is 12.3. The maximum atomic E-state index is 12.7. The number of carbonyl (C=O) groups is 2. The summed E-state index contributed by atoms with van der Waals surface area (Å²) in [5.74, 6) is -0.390. The van der Waals surface area contributed by atoms with E-state index in [1.54, 1.807) is 18.2 Å². The van der Waals surface area contributed by atoms with Crippen LogP contribution in [0.1, 0.15) is 46.0 Å². The molecule has 0 aromatic heterocycles. The fourth-order valence-corrected chi connectivity index (χ4v) is 3.25. The molecular formula is C25H23ClN4O5. The first-order valence-corrected chi connectivity index (χ1v) is 11.2. The minimum Gasteiger partial charge on any atom is -0.494 e. The molecule has 0 aliphatic carbocycles. The van der Waals surface area contributed by atoms with E-state index in [-0.39, 0.29) is 27.5 Å². The van der Waals surface area contributed by atoms with Gasteiger partial charge in [-0.2, -0.15) is 5.10 Å². The Morgan fingerprint density at radius 2 is 1.80 bits per heavy atom. The smallest absolute Gasteiger partial charge is 0.273 e. The Kier molecular flexibility index (Phi) is 8.91. The summed E-state index contributed by atoms with van der Waals surface area (Å²) < 4.78 is 5.62. The monoisotopic (exact) mass is 494 g/mol. The molecule has 10 heteroatoms. The van der Waals surface area contributed by atoms with Gasteiger partial charge < -0.3 is 10.1 Å². The average Bonchev–Trinajstić information content (AvgIpc) is 2.85. The molecule has 0 fully saturated rings. The van der Waals surface area contributed by atoms with Gasteiger partial charge in [0.15, 0.2) is 0 Å². The molecule has 3 aromatic carbocycles. The van der Waals surface area contributed by atoms with Crippen molar-refractivity contribution in [3.05, 3.63) is 98.6 Å². The zero-order valence-electron chi connectivity index (χ0n) is 18.9. The molecule has 180 valence electrons. The first kappa shape index (κ1) is 25.4. The van der Waals surface area contributed by atoms with Crippen LogP contribution >= 0.6 is 11.6 Å². The predicted octanol–water partition coefficient (Wildman–Crippen LogP) is 5.44. The van der Waals surface area contributed by atoms with Crippen molar-refractivity contribution in [3.8, 4) is 5.75 Å². The average molecular weight is 495 g/mol. The molecule has 3 aromatic rings. The maximum Gasteiger partial charge on any atom is 0.273 e. The topological polar surface area (TPSA) is 123 Å². The number of ether oxygens (including phenoxy) is 1. The van der Waals surface area contributed by atoms with Crippen molar-refractivity contribution in [3.63, 3.8) is 0 Å². The molecule has 0 saturated carbocycles. The number of hydrogen-bond donors (Lipinski definition) is 2. The zero-order chi connectivity index (χ0) is 25.2. The number of benzene rings is 3. The number of nitro benzene ring substituents is 1. The standard InChI is InChI=1S/C25H23ClN4O5/c1-2-3-14-35-19-11-8-17(9-12-19)16-27-29-25(32)21-6-4-5-7-23(21)28-24(31)20-13-10-18(30(33)34)15-22(20)26/h4-13,15-16H,2-3,14H2,1H3,(H,28,31)(H,29,32). The Bertz CT molecular complexity index is 1240. The molecule has 0 atom stereocenters. The van der Waals surface area contributed by atoms with E-state index in [1.807, 2.05) is 24.3 Å². The molecule has 0 aliphatic heterocycles. The SMILES string of the molecule is CCCCOc1ccc(C=NNC(=O)c2ccccc2NC(=O)c2ccc([N+](=O)[O-])cc2Cl)cc1. The maximum absolute atomic E-state index is 12.7. The summed E-state index contributed by atoms with van der Waals surface area (Å²) in [5, 5.41) is 17.4. The summed E-state index contributed by atoms with van der Waals surface area (Å²) in [6, 6.07) is 17.2. The lowest BCUT2D eigenvalue weighted by molar-refractivity contribution is -0.384. The number of carbonyl (C=O) groups excluding carboxylic acids is 2. The minimum atomic E-state index is -0.616. The van der Waals surface area contributed by atoms with Gasteiger partial charge in [0.1, 0.15) is 5.75 Å². The van der Waals surface area contributed by atoms with Crippen LogP contribution in [0.4, 0.5) is 11.4 Å². The number of amides is 2. The van der Waals surface area contributed by atoms with Gasteiger partial charge >= 0.3 is 0 Å². The Labute approximate surface area is 206 Å². The van der Waals surface area contributed by atoms with Crippen molar-refractivity contribution in [2.24, 2.45) is 5.10 Å². The van der Waals surface area contributed by atoms with Crippen molar-refractivity contribution >= 4 is 41.0 Å². The first-order chi connectivity index (χ1) is 16.9. The Balaban J connectivity index is 1.64. The van der Waals surface area contributed by atoms with E-state index in [0.29, 0.717) is 6.61 Å². The van der Waals surface area contributed by atoms with Crippen LogP contribution in [0.5, 0.6) is 5.75 Å². The molecule has 2 amide bonds. The van der Waals surface area contributed by atoms with E-state index in [9.17, 15) is 19.7 Å². The second-order valence-corrected chi connectivity index (χ2v) is 7.80. The summed E-state index contributed by atoms with van der Waals surface area (Å²) in [6.07, 6.45) is 3.53. The number of non-ortho nitro benzene ring substituents is 1. The number of nitrogens with zero attached hydrogens (tertiary/aromatic N) is 2. The Hall–Kier alpha value is -4.24. The van der Waals surface area contributed by atoms with Crippen molar-refractivity contribution in [1.29, 1.82) is 0 Å². The van der Waals surface area contributed by atoms with Gasteiger partial charge in [0.2, 0.25) is 0 Å². The van der Waals surface area contributed by atoms with Gasteiger partial charge in [-0.1, -0.05) is 37.1 Å². The fourth-order valence-electron chi connectivity index (χ4n) is 2.99. The van der Waals surface area contributed by atoms with Crippen LogP contribution in [0, 0.1) is 10.1 Å². The molecule has 0 spiro atoms. The van der Waals surface area contributed by atoms with E-state index >= 15 is 0 Å². The minimum absolute atomic E-state index is 0.0348. The summed E-state index contributed by atoms with van der Waals surface area (Å²) in [4.78, 5) is 35.6. The van der Waals surface area contributed by atoms with E-state index in [2.05, 4.69) is 22.8 Å². The van der Waals surface area contributed by atoms with Gasteiger partial charge in [-0.05, 0) is 54.4 Å². The first-order valence-electron chi connectivity index (χ1n) is 10.8. The van der Waals surface area contributed by atoms with E-state index in [0.717, 1.165) is 30.2 Å². The number of nitrogens with one attached hydrogen (secondary N) is 2. The largest absolute Gasteiger partial charge is 0.494 e. The molecule has 0 heterocycles. The molecular weight excluding hydrogens is 472 g/mol. The van der Waals surface area contributed by atoms with Gasteiger partial charge in [0.25, 0.3) is 17.5 Å². The molecule has 0 saturated heterocycles. The molecule has 35 heavy (non-hydrogen) atoms. The third-order valence-electron chi connectivity index (χ3n) is 4.85. The quantitative estimate of drug-likeness (QED) is 0.168. The number of nitro groups is 1. The molecule has 2 N–H and O–H groups in total. The van der Waals surface area contributed by atoms with E-state index in [1.165, 1.54) is 24.4 Å². The summed E-state index contributed by atoms with van der Waals surface area (Å²) in [6.45, 7) is 2.75. The van der Waals surface area contributed by atoms with Gasteiger partial charge in [-0.25, -0.2) is 5.43 Å². The highest BCUT2D eigenvalue weighted by Crippen LogP contribution is 2.24. The number of halogens is 1. The van der Waals surface area contributed by atoms with Crippen LogP contribution in [-0.4, -0.2) is 29.6 Å². The molecule has 0 unspecified atom stereocenters. The van der Waals surface area contributed by atoms with Crippen LogP contribution < -0.4 is 15.5 Å².